The van der Waals surface area contributed by atoms with E-state index in [0.717, 1.165) is 6.07 Å². The lowest BCUT2D eigenvalue weighted by Gasteiger charge is -2.11. The van der Waals surface area contributed by atoms with E-state index in [0.29, 0.717) is 5.82 Å². The van der Waals surface area contributed by atoms with Crippen LogP contribution in [-0.4, -0.2) is 10.1 Å². The van der Waals surface area contributed by atoms with E-state index in [1.54, 1.807) is 13.8 Å². The maximum atomic E-state index is 13.6. The van der Waals surface area contributed by atoms with Gasteiger partial charge in [0.05, 0.1) is 17.2 Å². The molecule has 0 spiro atoms. The molecule has 7 heteroatoms. The minimum atomic E-state index is -0.721. The predicted octanol–water partition coefficient (Wildman–Crippen LogP) is 1.85. The average Bonchev–Trinajstić information content (AvgIpc) is 2.86. The molecule has 0 fully saturated rings. The predicted molar refractivity (Wildman–Crippen MR) is 67.0 cm³/mol. The van der Waals surface area contributed by atoms with Crippen molar-refractivity contribution >= 4 is 0 Å². The highest BCUT2D eigenvalue weighted by Gasteiger charge is 2.21. The highest BCUT2D eigenvalue weighted by atomic mass is 19.1. The second kappa shape index (κ2) is 5.27. The third kappa shape index (κ3) is 3.10. The van der Waals surface area contributed by atoms with E-state index in [-0.39, 0.29) is 23.8 Å². The number of nitriles is 1. The van der Waals surface area contributed by atoms with Crippen molar-refractivity contribution in [1.82, 2.24) is 10.1 Å². The fourth-order valence-corrected chi connectivity index (χ4v) is 1.40. The van der Waals surface area contributed by atoms with Crippen LogP contribution in [-0.2, 0) is 12.1 Å². The van der Waals surface area contributed by atoms with Crippen LogP contribution in [0.4, 0.5) is 4.39 Å². The van der Waals surface area contributed by atoms with E-state index in [4.69, 9.17) is 20.3 Å². The van der Waals surface area contributed by atoms with Crippen molar-refractivity contribution in [2.24, 2.45) is 5.73 Å². The maximum absolute atomic E-state index is 13.6. The second-order valence-corrected chi connectivity index (χ2v) is 4.78. The first-order valence-corrected chi connectivity index (χ1v) is 5.84. The molecule has 0 aliphatic rings. The highest BCUT2D eigenvalue weighted by Crippen LogP contribution is 2.19. The first kappa shape index (κ1) is 14.0. The Bertz CT molecular complexity index is 655. The fraction of sp³-hybridized carbons (Fsp3) is 0.308. The molecule has 2 rings (SSSR count). The Morgan fingerprint density at radius 3 is 2.80 bits per heavy atom. The molecule has 0 radical (unpaired) electrons. The number of nitrogens with zero attached hydrogens (tertiary/aromatic N) is 3. The third-order valence-electron chi connectivity index (χ3n) is 2.46. The summed E-state index contributed by atoms with van der Waals surface area (Å²) in [6, 6.07) is 5.77. The first-order valence-electron chi connectivity index (χ1n) is 5.84. The summed E-state index contributed by atoms with van der Waals surface area (Å²) in [7, 11) is 0. The lowest BCUT2D eigenvalue weighted by Crippen LogP contribution is -2.30. The van der Waals surface area contributed by atoms with E-state index in [9.17, 15) is 4.39 Å². The molecule has 2 N–H and O–H groups in total. The van der Waals surface area contributed by atoms with Gasteiger partial charge in [-0.3, -0.25) is 0 Å². The number of ether oxygens (including phenoxy) is 1. The number of hydrogen-bond acceptors (Lipinski definition) is 6. The van der Waals surface area contributed by atoms with Gasteiger partial charge in [0, 0.05) is 0 Å². The zero-order valence-electron chi connectivity index (χ0n) is 11.1. The van der Waals surface area contributed by atoms with Crippen LogP contribution in [0.3, 0.4) is 0 Å². The normalized spacial score (nSPS) is 11.2. The summed E-state index contributed by atoms with van der Waals surface area (Å²) < 4.78 is 23.8. The molecule has 2 aromatic rings. The van der Waals surface area contributed by atoms with Gasteiger partial charge in [0.2, 0.25) is 0 Å². The summed E-state index contributed by atoms with van der Waals surface area (Å²) in [5.74, 6) is -0.0719. The Morgan fingerprint density at radius 1 is 1.50 bits per heavy atom. The minimum Gasteiger partial charge on any atom is -0.481 e. The van der Waals surface area contributed by atoms with Crippen LogP contribution in [0.5, 0.6) is 5.75 Å². The zero-order valence-corrected chi connectivity index (χ0v) is 11.1. The molecule has 1 aromatic heterocycles. The van der Waals surface area contributed by atoms with Gasteiger partial charge < -0.3 is 15.0 Å². The van der Waals surface area contributed by atoms with Crippen LogP contribution in [0.2, 0.25) is 0 Å². The molecular weight excluding hydrogens is 263 g/mol. The average molecular weight is 276 g/mol. The van der Waals surface area contributed by atoms with Gasteiger partial charge in [-0.05, 0) is 32.0 Å². The van der Waals surface area contributed by atoms with Crippen molar-refractivity contribution in [2.75, 3.05) is 0 Å². The first-order chi connectivity index (χ1) is 9.40. The van der Waals surface area contributed by atoms with E-state index >= 15 is 0 Å². The van der Waals surface area contributed by atoms with Gasteiger partial charge in [0.1, 0.15) is 0 Å². The molecule has 6 nitrogen and oxygen atoms in total. The van der Waals surface area contributed by atoms with Gasteiger partial charge in [-0.15, -0.1) is 0 Å². The molecule has 20 heavy (non-hydrogen) atoms. The van der Waals surface area contributed by atoms with Crippen molar-refractivity contribution in [3.05, 3.63) is 41.3 Å². The molecular formula is C13H13FN4O2. The van der Waals surface area contributed by atoms with Crippen molar-refractivity contribution in [1.29, 1.82) is 5.26 Å². The molecule has 0 saturated heterocycles. The number of hydrogen-bond donors (Lipinski definition) is 1. The van der Waals surface area contributed by atoms with Gasteiger partial charge in [-0.25, -0.2) is 4.39 Å². The van der Waals surface area contributed by atoms with Crippen LogP contribution in [0.15, 0.2) is 22.7 Å². The lowest BCUT2D eigenvalue weighted by molar-refractivity contribution is 0.233. The summed E-state index contributed by atoms with van der Waals surface area (Å²) in [6.07, 6.45) is 0. The summed E-state index contributed by atoms with van der Waals surface area (Å²) >= 11 is 0. The third-order valence-corrected chi connectivity index (χ3v) is 2.46. The van der Waals surface area contributed by atoms with Crippen molar-refractivity contribution in [3.8, 4) is 11.8 Å². The van der Waals surface area contributed by atoms with Gasteiger partial charge >= 0.3 is 0 Å². The molecule has 0 aliphatic carbocycles. The van der Waals surface area contributed by atoms with E-state index < -0.39 is 11.4 Å². The second-order valence-electron chi connectivity index (χ2n) is 4.78. The molecule has 1 aromatic carbocycles. The Morgan fingerprint density at radius 2 is 2.25 bits per heavy atom. The molecule has 0 saturated carbocycles. The Balaban J connectivity index is 2.06. The van der Waals surface area contributed by atoms with Crippen LogP contribution in [0.1, 0.15) is 31.1 Å². The van der Waals surface area contributed by atoms with Crippen LogP contribution in [0.25, 0.3) is 0 Å². The molecule has 0 bridgehead atoms. The van der Waals surface area contributed by atoms with Crippen LogP contribution in [0, 0.1) is 17.1 Å². The van der Waals surface area contributed by atoms with Crippen LogP contribution >= 0.6 is 0 Å². The summed E-state index contributed by atoms with van der Waals surface area (Å²) in [4.78, 5) is 4.06. The zero-order chi connectivity index (χ0) is 14.8. The standard InChI is InChI=1S/C13H13FN4O2/c1-13(2,16)12-17-11(20-18-12)7-19-10-4-3-8(6-15)5-9(10)14/h3-5H,7,16H2,1-2H3. The monoisotopic (exact) mass is 276 g/mol. The topological polar surface area (TPSA) is 98.0 Å². The molecule has 0 amide bonds. The number of rotatable bonds is 4. The van der Waals surface area contributed by atoms with E-state index in [1.807, 2.05) is 6.07 Å². The number of halogens is 1. The van der Waals surface area contributed by atoms with Crippen molar-refractivity contribution < 1.29 is 13.7 Å². The Labute approximate surface area is 115 Å². The highest BCUT2D eigenvalue weighted by molar-refractivity contribution is 5.35. The van der Waals surface area contributed by atoms with Gasteiger partial charge in [-0.2, -0.15) is 10.2 Å². The maximum Gasteiger partial charge on any atom is 0.264 e. The SMILES string of the molecule is CC(C)(N)c1noc(COc2ccc(C#N)cc2F)n1. The van der Waals surface area contributed by atoms with E-state index in [1.165, 1.54) is 12.1 Å². The molecule has 0 unspecified atom stereocenters. The fourth-order valence-electron chi connectivity index (χ4n) is 1.40. The largest absolute Gasteiger partial charge is 0.481 e. The van der Waals surface area contributed by atoms with Gasteiger partial charge in [0.15, 0.2) is 24.0 Å². The number of benzene rings is 1. The molecule has 1 heterocycles. The van der Waals surface area contributed by atoms with E-state index in [2.05, 4.69) is 10.1 Å². The minimum absolute atomic E-state index is 0.00996. The number of aromatic nitrogens is 2. The summed E-state index contributed by atoms with van der Waals surface area (Å²) in [5, 5.41) is 12.4. The summed E-state index contributed by atoms with van der Waals surface area (Å²) in [5.41, 5.74) is 5.32. The lowest BCUT2D eigenvalue weighted by atomic mass is 10.1. The summed E-state index contributed by atoms with van der Waals surface area (Å²) in [6.45, 7) is 3.40. The smallest absolute Gasteiger partial charge is 0.264 e. The van der Waals surface area contributed by atoms with Crippen molar-refractivity contribution in [3.63, 3.8) is 0 Å². The Kier molecular flexibility index (Phi) is 3.68. The van der Waals surface area contributed by atoms with Crippen molar-refractivity contribution in [2.45, 2.75) is 26.0 Å². The Hall–Kier alpha value is -2.46. The molecule has 104 valence electrons. The van der Waals surface area contributed by atoms with Crippen LogP contribution < -0.4 is 10.5 Å². The molecule has 0 atom stereocenters. The quantitative estimate of drug-likeness (QED) is 0.915. The van der Waals surface area contributed by atoms with Gasteiger partial charge in [-0.1, -0.05) is 5.16 Å². The van der Waals surface area contributed by atoms with Gasteiger partial charge in [0.25, 0.3) is 5.89 Å². The number of nitrogens with two attached hydrogens (primary N) is 1. The molecule has 0 aliphatic heterocycles.